The second kappa shape index (κ2) is 7.51. The highest BCUT2D eigenvalue weighted by atomic mass is 35.5. The summed E-state index contributed by atoms with van der Waals surface area (Å²) in [4.78, 5) is 12.2. The van der Waals surface area contributed by atoms with Gasteiger partial charge in [-0.1, -0.05) is 41.9 Å². The number of benzene rings is 2. The monoisotopic (exact) mass is 354 g/mol. The van der Waals surface area contributed by atoms with Crippen molar-refractivity contribution >= 4 is 17.5 Å². The van der Waals surface area contributed by atoms with Gasteiger partial charge in [-0.05, 0) is 24.3 Å². The Morgan fingerprint density at radius 2 is 1.80 bits per heavy atom. The fourth-order valence-corrected chi connectivity index (χ4v) is 2.69. The minimum absolute atomic E-state index is 0.0900. The lowest BCUT2D eigenvalue weighted by Crippen LogP contribution is -2.37. The Hall–Kier alpha value is -2.63. The Morgan fingerprint density at radius 3 is 2.44 bits per heavy atom. The van der Waals surface area contributed by atoms with Crippen LogP contribution in [0.2, 0.25) is 5.02 Å². The van der Waals surface area contributed by atoms with E-state index in [1.165, 1.54) is 0 Å². The number of amides is 1. The van der Waals surface area contributed by atoms with Gasteiger partial charge in [0.25, 0.3) is 0 Å². The van der Waals surface area contributed by atoms with Gasteiger partial charge in [0.15, 0.2) is 0 Å². The summed E-state index contributed by atoms with van der Waals surface area (Å²) < 4.78 is 1.79. The summed E-state index contributed by atoms with van der Waals surface area (Å²) in [5.41, 5.74) is 6.25. The van der Waals surface area contributed by atoms with Crippen molar-refractivity contribution in [1.29, 1.82) is 0 Å². The van der Waals surface area contributed by atoms with Crippen LogP contribution in [0.5, 0.6) is 0 Å². The van der Waals surface area contributed by atoms with Gasteiger partial charge < -0.3 is 0 Å². The highest BCUT2D eigenvalue weighted by Gasteiger charge is 2.15. The molecule has 0 unspecified atom stereocenters. The van der Waals surface area contributed by atoms with E-state index in [1.807, 2.05) is 60.8 Å². The van der Waals surface area contributed by atoms with Gasteiger partial charge in [-0.2, -0.15) is 5.10 Å². The number of carbonyl (C=O) groups excluding carboxylic acids is 1. The number of aromatic nitrogens is 2. The number of nitrogens with one attached hydrogen (secondary N) is 1. The van der Waals surface area contributed by atoms with E-state index in [-0.39, 0.29) is 12.3 Å². The molecule has 3 rings (SSSR count). The van der Waals surface area contributed by atoms with Gasteiger partial charge in [0.05, 0.1) is 17.8 Å². The number of hydrogen-bond acceptors (Lipinski definition) is 3. The zero-order valence-electron chi connectivity index (χ0n) is 14.1. The SMILES string of the molecule is CN(C)NC(=O)Cc1cn(-c2ccccc2)nc1-c1ccc(Cl)cc1. The van der Waals surface area contributed by atoms with Gasteiger partial charge in [0.1, 0.15) is 0 Å². The Kier molecular flexibility index (Phi) is 5.16. The van der Waals surface area contributed by atoms with E-state index < -0.39 is 0 Å². The minimum atomic E-state index is -0.0900. The van der Waals surface area contributed by atoms with Crippen molar-refractivity contribution in [2.45, 2.75) is 6.42 Å². The molecule has 0 fully saturated rings. The Balaban J connectivity index is 2.00. The highest BCUT2D eigenvalue weighted by molar-refractivity contribution is 6.30. The van der Waals surface area contributed by atoms with Gasteiger partial charge in [0.2, 0.25) is 5.91 Å². The van der Waals surface area contributed by atoms with Crippen molar-refractivity contribution in [3.05, 3.63) is 71.4 Å². The first kappa shape index (κ1) is 17.2. The lowest BCUT2D eigenvalue weighted by atomic mass is 10.1. The molecule has 2 aromatic carbocycles. The Morgan fingerprint density at radius 1 is 1.12 bits per heavy atom. The van der Waals surface area contributed by atoms with Crippen LogP contribution in [0.25, 0.3) is 16.9 Å². The van der Waals surface area contributed by atoms with Crippen LogP contribution >= 0.6 is 11.6 Å². The Labute approximate surface area is 151 Å². The fourth-order valence-electron chi connectivity index (χ4n) is 2.56. The summed E-state index contributed by atoms with van der Waals surface area (Å²) in [5, 5.41) is 6.99. The average Bonchev–Trinajstić information content (AvgIpc) is 2.99. The normalized spacial score (nSPS) is 10.9. The quantitative estimate of drug-likeness (QED) is 0.715. The number of hydrogen-bond donors (Lipinski definition) is 1. The number of rotatable bonds is 5. The van der Waals surface area contributed by atoms with E-state index in [4.69, 9.17) is 16.7 Å². The minimum Gasteiger partial charge on any atom is -0.289 e. The van der Waals surface area contributed by atoms with Gasteiger partial charge in [-0.25, -0.2) is 9.69 Å². The third-order valence-corrected chi connectivity index (χ3v) is 3.88. The zero-order valence-corrected chi connectivity index (χ0v) is 14.9. The van der Waals surface area contributed by atoms with Gasteiger partial charge >= 0.3 is 0 Å². The molecule has 0 atom stereocenters. The number of carbonyl (C=O) groups is 1. The maximum Gasteiger partial charge on any atom is 0.238 e. The van der Waals surface area contributed by atoms with E-state index in [1.54, 1.807) is 23.8 Å². The van der Waals surface area contributed by atoms with Crippen LogP contribution in [-0.4, -0.2) is 34.8 Å². The van der Waals surface area contributed by atoms with E-state index >= 15 is 0 Å². The summed E-state index contributed by atoms with van der Waals surface area (Å²) in [6, 6.07) is 17.3. The highest BCUT2D eigenvalue weighted by Crippen LogP contribution is 2.25. The molecular weight excluding hydrogens is 336 g/mol. The fraction of sp³-hybridized carbons (Fsp3) is 0.158. The van der Waals surface area contributed by atoms with Gasteiger partial charge in [0, 0.05) is 36.4 Å². The van der Waals surface area contributed by atoms with Crippen LogP contribution in [0.1, 0.15) is 5.56 Å². The molecule has 0 aliphatic carbocycles. The predicted octanol–water partition coefficient (Wildman–Crippen LogP) is 3.33. The van der Waals surface area contributed by atoms with Crippen LogP contribution in [0.3, 0.4) is 0 Å². The first-order chi connectivity index (χ1) is 12.0. The number of nitrogens with zero attached hydrogens (tertiary/aromatic N) is 3. The van der Waals surface area contributed by atoms with Crippen molar-refractivity contribution in [3.8, 4) is 16.9 Å². The van der Waals surface area contributed by atoms with E-state index in [9.17, 15) is 4.79 Å². The molecule has 1 aromatic heterocycles. The van der Waals surface area contributed by atoms with Gasteiger partial charge in [-0.15, -0.1) is 0 Å². The summed E-state index contributed by atoms with van der Waals surface area (Å²) in [6.45, 7) is 0. The smallest absolute Gasteiger partial charge is 0.238 e. The lowest BCUT2D eigenvalue weighted by molar-refractivity contribution is -0.124. The molecular formula is C19H19ClN4O. The first-order valence-corrected chi connectivity index (χ1v) is 8.27. The lowest BCUT2D eigenvalue weighted by Gasteiger charge is -2.11. The summed E-state index contributed by atoms with van der Waals surface area (Å²) in [6.07, 6.45) is 2.14. The average molecular weight is 355 g/mol. The summed E-state index contributed by atoms with van der Waals surface area (Å²) in [5.74, 6) is -0.0900. The van der Waals surface area contributed by atoms with Crippen LogP contribution in [0.15, 0.2) is 60.8 Å². The molecule has 1 amide bonds. The molecule has 1 heterocycles. The molecule has 0 aliphatic rings. The molecule has 0 radical (unpaired) electrons. The van der Waals surface area contributed by atoms with E-state index in [2.05, 4.69) is 5.43 Å². The number of hydrazine groups is 1. The maximum atomic E-state index is 12.2. The zero-order chi connectivity index (χ0) is 17.8. The van der Waals surface area contributed by atoms with Crippen molar-refractivity contribution in [2.75, 3.05) is 14.1 Å². The van der Waals surface area contributed by atoms with Crippen molar-refractivity contribution in [1.82, 2.24) is 20.2 Å². The van der Waals surface area contributed by atoms with Crippen molar-refractivity contribution in [3.63, 3.8) is 0 Å². The molecule has 0 aliphatic heterocycles. The summed E-state index contributed by atoms with van der Waals surface area (Å²) >= 11 is 5.99. The molecule has 3 aromatic rings. The van der Waals surface area contributed by atoms with Crippen LogP contribution in [0.4, 0.5) is 0 Å². The van der Waals surface area contributed by atoms with Crippen LogP contribution < -0.4 is 5.43 Å². The molecule has 6 heteroatoms. The molecule has 5 nitrogen and oxygen atoms in total. The third-order valence-electron chi connectivity index (χ3n) is 3.63. The topological polar surface area (TPSA) is 50.2 Å². The van der Waals surface area contributed by atoms with E-state index in [0.29, 0.717) is 5.02 Å². The van der Waals surface area contributed by atoms with Crippen molar-refractivity contribution < 1.29 is 4.79 Å². The second-order valence-corrected chi connectivity index (χ2v) is 6.33. The number of para-hydroxylation sites is 1. The Bertz CT molecular complexity index is 857. The molecule has 128 valence electrons. The summed E-state index contributed by atoms with van der Waals surface area (Å²) in [7, 11) is 3.57. The second-order valence-electron chi connectivity index (χ2n) is 5.90. The molecule has 25 heavy (non-hydrogen) atoms. The predicted molar refractivity (Wildman–Crippen MR) is 99.5 cm³/mol. The molecule has 1 N–H and O–H groups in total. The van der Waals surface area contributed by atoms with Crippen LogP contribution in [0, 0.1) is 0 Å². The van der Waals surface area contributed by atoms with Crippen molar-refractivity contribution in [2.24, 2.45) is 0 Å². The number of halogens is 1. The third kappa shape index (κ3) is 4.26. The maximum absolute atomic E-state index is 12.2. The standard InChI is InChI=1S/C19H19ClN4O/c1-23(2)21-18(25)12-15-13-24(17-6-4-3-5-7-17)22-19(15)14-8-10-16(20)11-9-14/h3-11,13H,12H2,1-2H3,(H,21,25). The van der Waals surface area contributed by atoms with E-state index in [0.717, 1.165) is 22.5 Å². The first-order valence-electron chi connectivity index (χ1n) is 7.89. The molecule has 0 spiro atoms. The van der Waals surface area contributed by atoms with Gasteiger partial charge in [-0.3, -0.25) is 10.2 Å². The molecule has 0 saturated heterocycles. The van der Waals surface area contributed by atoms with Crippen LogP contribution in [-0.2, 0) is 11.2 Å². The molecule has 0 bridgehead atoms. The largest absolute Gasteiger partial charge is 0.289 e. The molecule has 0 saturated carbocycles.